The number of hydrogen-bond donors (Lipinski definition) is 1. The molecule has 4 fully saturated rings. The molecule has 1 heterocycles. The molecule has 108 valence electrons. The van der Waals surface area contributed by atoms with Crippen molar-refractivity contribution in [1.29, 1.82) is 0 Å². The molecule has 3 saturated carbocycles. The largest absolute Gasteiger partial charge is 0.376 e. The molecular formula is C17H29NO. The molecule has 3 aliphatic carbocycles. The molecule has 0 aromatic heterocycles. The van der Waals surface area contributed by atoms with Gasteiger partial charge in [-0.15, -0.1) is 0 Å². The first-order chi connectivity index (χ1) is 9.35. The van der Waals surface area contributed by atoms with E-state index in [1.165, 1.54) is 70.6 Å². The van der Waals surface area contributed by atoms with Gasteiger partial charge in [0, 0.05) is 18.0 Å². The lowest BCUT2D eigenvalue weighted by molar-refractivity contribution is 0.0663. The number of rotatable bonds is 2. The molecule has 19 heavy (non-hydrogen) atoms. The topological polar surface area (TPSA) is 21.3 Å². The van der Waals surface area contributed by atoms with Crippen LogP contribution in [0.2, 0.25) is 0 Å². The predicted molar refractivity (Wildman–Crippen MR) is 77.2 cm³/mol. The molecular weight excluding hydrogens is 234 g/mol. The van der Waals surface area contributed by atoms with Crippen LogP contribution >= 0.6 is 0 Å². The molecule has 0 radical (unpaired) electrons. The monoisotopic (exact) mass is 263 g/mol. The number of hydrogen-bond acceptors (Lipinski definition) is 2. The Kier molecular flexibility index (Phi) is 3.35. The summed E-state index contributed by atoms with van der Waals surface area (Å²) in [7, 11) is 0. The third kappa shape index (κ3) is 2.35. The predicted octanol–water partition coefficient (Wildman–Crippen LogP) is 3.65. The van der Waals surface area contributed by atoms with Crippen LogP contribution in [-0.4, -0.2) is 24.8 Å². The smallest absolute Gasteiger partial charge is 0.0627 e. The van der Waals surface area contributed by atoms with Crippen LogP contribution in [0, 0.1) is 11.3 Å². The highest BCUT2D eigenvalue weighted by atomic mass is 16.5. The van der Waals surface area contributed by atoms with Gasteiger partial charge in [-0.3, -0.25) is 0 Å². The van der Waals surface area contributed by atoms with Gasteiger partial charge in [-0.2, -0.15) is 0 Å². The summed E-state index contributed by atoms with van der Waals surface area (Å²) in [5.41, 5.74) is 0.753. The summed E-state index contributed by atoms with van der Waals surface area (Å²) in [6.45, 7) is 0.985. The lowest BCUT2D eigenvalue weighted by atomic mass is 9.83. The van der Waals surface area contributed by atoms with Gasteiger partial charge in [0.2, 0.25) is 0 Å². The van der Waals surface area contributed by atoms with Crippen LogP contribution < -0.4 is 5.32 Å². The van der Waals surface area contributed by atoms with E-state index in [2.05, 4.69) is 5.32 Å². The molecule has 0 amide bonds. The number of ether oxygens (including phenoxy) is 1. The maximum absolute atomic E-state index is 6.03. The molecule has 0 aromatic carbocycles. The minimum atomic E-state index is 0.591. The Morgan fingerprint density at radius 3 is 2.63 bits per heavy atom. The molecule has 4 unspecified atom stereocenters. The Hall–Kier alpha value is -0.0800. The average molecular weight is 263 g/mol. The van der Waals surface area contributed by atoms with Crippen molar-refractivity contribution in [3.63, 3.8) is 0 Å². The number of fused-ring (bicyclic) bond motifs is 1. The Morgan fingerprint density at radius 1 is 0.895 bits per heavy atom. The Balaban J connectivity index is 1.35. The second-order valence-electron chi connectivity index (χ2n) is 7.74. The summed E-state index contributed by atoms with van der Waals surface area (Å²) in [6, 6.07) is 1.47. The second kappa shape index (κ2) is 5.04. The maximum atomic E-state index is 6.03. The summed E-state index contributed by atoms with van der Waals surface area (Å²) in [6.07, 6.45) is 16.5. The van der Waals surface area contributed by atoms with Gasteiger partial charge in [-0.1, -0.05) is 25.7 Å². The molecule has 4 rings (SSSR count). The van der Waals surface area contributed by atoms with Gasteiger partial charge in [0.1, 0.15) is 0 Å². The summed E-state index contributed by atoms with van der Waals surface area (Å²) in [4.78, 5) is 0. The van der Waals surface area contributed by atoms with Gasteiger partial charge in [-0.25, -0.2) is 0 Å². The fraction of sp³-hybridized carbons (Fsp3) is 1.00. The zero-order valence-corrected chi connectivity index (χ0v) is 12.2. The van der Waals surface area contributed by atoms with Gasteiger partial charge in [0.25, 0.3) is 0 Å². The highest BCUT2D eigenvalue weighted by Gasteiger charge is 2.44. The van der Waals surface area contributed by atoms with E-state index in [1.54, 1.807) is 0 Å². The standard InChI is InChI=1S/C17H29NO/c1-2-6-16-14(5-1)15(12-19-16)18-13-7-10-17(11-13)8-3-4-9-17/h13-16,18H,1-12H2. The van der Waals surface area contributed by atoms with Crippen molar-refractivity contribution in [3.8, 4) is 0 Å². The van der Waals surface area contributed by atoms with Crippen molar-refractivity contribution in [2.75, 3.05) is 6.61 Å². The van der Waals surface area contributed by atoms with Crippen LogP contribution in [0.15, 0.2) is 0 Å². The SMILES string of the molecule is C1CCC2C(NC3CCC4(CCCC4)C3)COC2C1. The Labute approximate surface area is 117 Å². The third-order valence-corrected chi connectivity index (χ3v) is 6.58. The van der Waals surface area contributed by atoms with Gasteiger partial charge < -0.3 is 10.1 Å². The lowest BCUT2D eigenvalue weighted by Gasteiger charge is -2.30. The minimum Gasteiger partial charge on any atom is -0.376 e. The lowest BCUT2D eigenvalue weighted by Crippen LogP contribution is -2.43. The molecule has 4 atom stereocenters. The van der Waals surface area contributed by atoms with Crippen LogP contribution in [-0.2, 0) is 4.74 Å². The van der Waals surface area contributed by atoms with Gasteiger partial charge in [-0.05, 0) is 50.4 Å². The van der Waals surface area contributed by atoms with Crippen LogP contribution in [0.4, 0.5) is 0 Å². The van der Waals surface area contributed by atoms with Gasteiger partial charge >= 0.3 is 0 Å². The van der Waals surface area contributed by atoms with E-state index in [-0.39, 0.29) is 0 Å². The highest BCUT2D eigenvalue weighted by molar-refractivity contribution is 4.98. The van der Waals surface area contributed by atoms with E-state index < -0.39 is 0 Å². The zero-order valence-electron chi connectivity index (χ0n) is 12.2. The fourth-order valence-corrected chi connectivity index (χ4v) is 5.55. The molecule has 0 aromatic rings. The molecule has 2 nitrogen and oxygen atoms in total. The summed E-state index contributed by atoms with van der Waals surface area (Å²) in [5, 5.41) is 4.00. The molecule has 1 spiro atoms. The Morgan fingerprint density at radius 2 is 1.74 bits per heavy atom. The second-order valence-corrected chi connectivity index (χ2v) is 7.74. The molecule has 1 N–H and O–H groups in total. The molecule has 4 aliphatic rings. The zero-order chi connectivity index (χ0) is 12.7. The molecule has 1 saturated heterocycles. The average Bonchev–Trinajstić information content (AvgIpc) is 3.14. The first-order valence-corrected chi connectivity index (χ1v) is 8.72. The quantitative estimate of drug-likeness (QED) is 0.821. The van der Waals surface area contributed by atoms with Gasteiger partial charge in [0.05, 0.1) is 12.7 Å². The van der Waals surface area contributed by atoms with E-state index in [1.807, 2.05) is 0 Å². The summed E-state index contributed by atoms with van der Waals surface area (Å²) in [5.74, 6) is 0.828. The molecule has 2 heteroatoms. The summed E-state index contributed by atoms with van der Waals surface area (Å²) >= 11 is 0. The third-order valence-electron chi connectivity index (χ3n) is 6.58. The highest BCUT2D eigenvalue weighted by Crippen LogP contribution is 2.50. The normalized spacial score (nSPS) is 44.8. The van der Waals surface area contributed by atoms with Crippen molar-refractivity contribution in [2.24, 2.45) is 11.3 Å². The minimum absolute atomic E-state index is 0.591. The number of nitrogens with one attached hydrogen (secondary N) is 1. The van der Waals surface area contributed by atoms with E-state index in [9.17, 15) is 0 Å². The van der Waals surface area contributed by atoms with Crippen molar-refractivity contribution in [1.82, 2.24) is 5.32 Å². The first-order valence-electron chi connectivity index (χ1n) is 8.72. The van der Waals surface area contributed by atoms with Crippen LogP contribution in [0.5, 0.6) is 0 Å². The Bertz CT molecular complexity index is 323. The van der Waals surface area contributed by atoms with E-state index in [4.69, 9.17) is 4.74 Å². The molecule has 1 aliphatic heterocycles. The first kappa shape index (κ1) is 12.6. The molecule has 0 bridgehead atoms. The van der Waals surface area contributed by atoms with E-state index in [0.29, 0.717) is 12.1 Å². The van der Waals surface area contributed by atoms with Crippen molar-refractivity contribution >= 4 is 0 Å². The van der Waals surface area contributed by atoms with E-state index >= 15 is 0 Å². The maximum Gasteiger partial charge on any atom is 0.0627 e. The van der Waals surface area contributed by atoms with Gasteiger partial charge in [0.15, 0.2) is 0 Å². The van der Waals surface area contributed by atoms with Crippen LogP contribution in [0.1, 0.15) is 70.6 Å². The van der Waals surface area contributed by atoms with Crippen LogP contribution in [0.25, 0.3) is 0 Å². The van der Waals surface area contributed by atoms with Crippen LogP contribution in [0.3, 0.4) is 0 Å². The fourth-order valence-electron chi connectivity index (χ4n) is 5.55. The summed E-state index contributed by atoms with van der Waals surface area (Å²) < 4.78 is 6.03. The van der Waals surface area contributed by atoms with E-state index in [0.717, 1.165) is 24.0 Å². The van der Waals surface area contributed by atoms with Crippen molar-refractivity contribution < 1.29 is 4.74 Å². The van der Waals surface area contributed by atoms with Crippen molar-refractivity contribution in [3.05, 3.63) is 0 Å². The van der Waals surface area contributed by atoms with Crippen molar-refractivity contribution in [2.45, 2.75) is 88.8 Å².